The number of aryl methyl sites for hydroxylation is 1. The van der Waals surface area contributed by atoms with Gasteiger partial charge in [-0.05, 0) is 62.4 Å². The number of likely N-dealkylation sites (tertiary alicyclic amines) is 1. The SMILES string of the molecule is CCC1CCCCN1C(=O)c1cccc(COc2ccc(C)cc2Cl)n1. The Balaban J connectivity index is 1.70. The van der Waals surface area contributed by atoms with Gasteiger partial charge < -0.3 is 9.64 Å². The van der Waals surface area contributed by atoms with E-state index in [0.29, 0.717) is 22.5 Å². The van der Waals surface area contributed by atoms with Gasteiger partial charge in [-0.3, -0.25) is 4.79 Å². The summed E-state index contributed by atoms with van der Waals surface area (Å²) in [6.07, 6.45) is 4.33. The van der Waals surface area contributed by atoms with Crippen molar-refractivity contribution in [1.29, 1.82) is 0 Å². The van der Waals surface area contributed by atoms with E-state index in [-0.39, 0.29) is 12.5 Å². The van der Waals surface area contributed by atoms with Gasteiger partial charge in [-0.15, -0.1) is 0 Å². The first-order valence-electron chi connectivity index (χ1n) is 9.24. The fraction of sp³-hybridized carbons (Fsp3) is 0.429. The first-order chi connectivity index (χ1) is 12.6. The molecule has 0 spiro atoms. The molecule has 1 aromatic heterocycles. The molecule has 138 valence electrons. The third-order valence-corrected chi connectivity index (χ3v) is 5.14. The highest BCUT2D eigenvalue weighted by molar-refractivity contribution is 6.32. The zero-order valence-electron chi connectivity index (χ0n) is 15.4. The maximum atomic E-state index is 12.9. The third-order valence-electron chi connectivity index (χ3n) is 4.85. The van der Waals surface area contributed by atoms with Crippen LogP contribution >= 0.6 is 11.6 Å². The molecule has 0 radical (unpaired) electrons. The van der Waals surface area contributed by atoms with Gasteiger partial charge in [-0.1, -0.05) is 30.7 Å². The molecule has 2 aromatic rings. The molecule has 3 rings (SSSR count). The molecule has 1 atom stereocenters. The van der Waals surface area contributed by atoms with Crippen molar-refractivity contribution in [2.24, 2.45) is 0 Å². The quantitative estimate of drug-likeness (QED) is 0.739. The minimum atomic E-state index is 0.0202. The Kier molecular flexibility index (Phi) is 6.15. The Hall–Kier alpha value is -2.07. The van der Waals surface area contributed by atoms with Crippen molar-refractivity contribution < 1.29 is 9.53 Å². The highest BCUT2D eigenvalue weighted by atomic mass is 35.5. The first kappa shape index (κ1) is 18.7. The van der Waals surface area contributed by atoms with Gasteiger partial charge in [0.2, 0.25) is 0 Å². The van der Waals surface area contributed by atoms with Gasteiger partial charge in [0.05, 0.1) is 10.7 Å². The smallest absolute Gasteiger partial charge is 0.272 e. The Morgan fingerprint density at radius 1 is 1.31 bits per heavy atom. The molecule has 1 unspecified atom stereocenters. The first-order valence-corrected chi connectivity index (χ1v) is 9.62. The van der Waals surface area contributed by atoms with Crippen LogP contribution in [0.5, 0.6) is 5.75 Å². The van der Waals surface area contributed by atoms with Crippen LogP contribution in [0.3, 0.4) is 0 Å². The predicted octanol–water partition coefficient (Wildman–Crippen LogP) is 5.03. The predicted molar refractivity (Wildman–Crippen MR) is 104 cm³/mol. The molecule has 1 fully saturated rings. The lowest BCUT2D eigenvalue weighted by Gasteiger charge is -2.35. The van der Waals surface area contributed by atoms with Gasteiger partial charge in [0.1, 0.15) is 18.1 Å². The van der Waals surface area contributed by atoms with Crippen molar-refractivity contribution in [3.63, 3.8) is 0 Å². The normalized spacial score (nSPS) is 17.2. The summed E-state index contributed by atoms with van der Waals surface area (Å²) >= 11 is 6.20. The summed E-state index contributed by atoms with van der Waals surface area (Å²) in [7, 11) is 0. The number of amides is 1. The van der Waals surface area contributed by atoms with Crippen LogP contribution in [0.2, 0.25) is 5.02 Å². The number of piperidine rings is 1. The molecule has 4 nitrogen and oxygen atoms in total. The van der Waals surface area contributed by atoms with Gasteiger partial charge >= 0.3 is 0 Å². The van der Waals surface area contributed by atoms with Crippen molar-refractivity contribution >= 4 is 17.5 Å². The van der Waals surface area contributed by atoms with E-state index in [2.05, 4.69) is 11.9 Å². The average Bonchev–Trinajstić information content (AvgIpc) is 2.67. The number of carbonyl (C=O) groups excluding carboxylic acids is 1. The lowest BCUT2D eigenvalue weighted by atomic mass is 9.99. The molecule has 1 aliphatic heterocycles. The van der Waals surface area contributed by atoms with Gasteiger partial charge in [0.25, 0.3) is 5.91 Å². The Morgan fingerprint density at radius 3 is 2.92 bits per heavy atom. The molecule has 1 amide bonds. The molecular formula is C21H25ClN2O2. The van der Waals surface area contributed by atoms with E-state index >= 15 is 0 Å². The van der Waals surface area contributed by atoms with Crippen LogP contribution in [0.25, 0.3) is 0 Å². The van der Waals surface area contributed by atoms with Crippen molar-refractivity contribution in [1.82, 2.24) is 9.88 Å². The Labute approximate surface area is 160 Å². The van der Waals surface area contributed by atoms with Crippen molar-refractivity contribution in [2.75, 3.05) is 6.54 Å². The van der Waals surface area contributed by atoms with Crippen LogP contribution in [0.15, 0.2) is 36.4 Å². The lowest BCUT2D eigenvalue weighted by Crippen LogP contribution is -2.43. The molecular weight excluding hydrogens is 348 g/mol. The van der Waals surface area contributed by atoms with Crippen LogP contribution in [0.4, 0.5) is 0 Å². The van der Waals surface area contributed by atoms with E-state index in [1.165, 1.54) is 6.42 Å². The number of aromatic nitrogens is 1. The maximum absolute atomic E-state index is 12.9. The zero-order chi connectivity index (χ0) is 18.5. The molecule has 5 heteroatoms. The average molecular weight is 373 g/mol. The number of nitrogens with zero attached hydrogens (tertiary/aromatic N) is 2. The van der Waals surface area contributed by atoms with Gasteiger partial charge in [0, 0.05) is 12.6 Å². The molecule has 1 aliphatic rings. The zero-order valence-corrected chi connectivity index (χ0v) is 16.1. The van der Waals surface area contributed by atoms with Gasteiger partial charge in [-0.25, -0.2) is 4.98 Å². The molecule has 26 heavy (non-hydrogen) atoms. The van der Waals surface area contributed by atoms with Crippen molar-refractivity contribution in [3.05, 3.63) is 58.4 Å². The summed E-state index contributed by atoms with van der Waals surface area (Å²) in [5, 5.41) is 0.580. The lowest BCUT2D eigenvalue weighted by molar-refractivity contribution is 0.0601. The minimum Gasteiger partial charge on any atom is -0.486 e. The van der Waals surface area contributed by atoms with E-state index in [0.717, 1.165) is 37.1 Å². The monoisotopic (exact) mass is 372 g/mol. The summed E-state index contributed by atoms with van der Waals surface area (Å²) < 4.78 is 5.78. The second-order valence-electron chi connectivity index (χ2n) is 6.79. The number of pyridine rings is 1. The van der Waals surface area contributed by atoms with Crippen molar-refractivity contribution in [3.8, 4) is 5.75 Å². The van der Waals surface area contributed by atoms with Gasteiger partial charge in [-0.2, -0.15) is 0 Å². The van der Waals surface area contributed by atoms with Crippen LogP contribution < -0.4 is 4.74 Å². The standard InChI is InChI=1S/C21H25ClN2O2/c1-3-17-8-4-5-12-24(17)21(25)19-9-6-7-16(23-19)14-26-20-11-10-15(2)13-18(20)22/h6-7,9-11,13,17H,3-5,8,12,14H2,1-2H3. The van der Waals surface area contributed by atoms with E-state index < -0.39 is 0 Å². The molecule has 2 heterocycles. The van der Waals surface area contributed by atoms with Crippen LogP contribution in [0, 0.1) is 6.92 Å². The third kappa shape index (κ3) is 4.36. The molecule has 0 N–H and O–H groups in total. The number of halogens is 1. The van der Waals surface area contributed by atoms with E-state index in [1.54, 1.807) is 6.07 Å². The number of ether oxygens (including phenoxy) is 1. The number of benzene rings is 1. The van der Waals surface area contributed by atoms with Crippen LogP contribution in [-0.4, -0.2) is 28.4 Å². The topological polar surface area (TPSA) is 42.4 Å². The van der Waals surface area contributed by atoms with E-state index in [1.807, 2.05) is 42.2 Å². The largest absolute Gasteiger partial charge is 0.486 e. The maximum Gasteiger partial charge on any atom is 0.272 e. The molecule has 1 aromatic carbocycles. The molecule has 0 aliphatic carbocycles. The molecule has 1 saturated heterocycles. The second kappa shape index (κ2) is 8.54. The fourth-order valence-electron chi connectivity index (χ4n) is 3.39. The molecule has 0 bridgehead atoms. The summed E-state index contributed by atoms with van der Waals surface area (Å²) in [4.78, 5) is 19.4. The Bertz CT molecular complexity index is 778. The van der Waals surface area contributed by atoms with E-state index in [9.17, 15) is 4.79 Å². The number of carbonyl (C=O) groups is 1. The summed E-state index contributed by atoms with van der Waals surface area (Å²) in [5.74, 6) is 0.643. The minimum absolute atomic E-state index is 0.0202. The summed E-state index contributed by atoms with van der Waals surface area (Å²) in [6, 6.07) is 11.5. The molecule has 0 saturated carbocycles. The van der Waals surface area contributed by atoms with Gasteiger partial charge in [0.15, 0.2) is 0 Å². The van der Waals surface area contributed by atoms with Crippen LogP contribution in [-0.2, 0) is 6.61 Å². The van der Waals surface area contributed by atoms with Crippen molar-refractivity contribution in [2.45, 2.75) is 52.2 Å². The summed E-state index contributed by atoms with van der Waals surface area (Å²) in [5.41, 5.74) is 2.29. The number of rotatable bonds is 5. The number of hydrogen-bond donors (Lipinski definition) is 0. The fourth-order valence-corrected chi connectivity index (χ4v) is 3.68. The highest BCUT2D eigenvalue weighted by Crippen LogP contribution is 2.26. The second-order valence-corrected chi connectivity index (χ2v) is 7.20. The highest BCUT2D eigenvalue weighted by Gasteiger charge is 2.26. The van der Waals surface area contributed by atoms with E-state index in [4.69, 9.17) is 16.3 Å². The Morgan fingerprint density at radius 2 is 2.15 bits per heavy atom. The number of hydrogen-bond acceptors (Lipinski definition) is 3. The van der Waals surface area contributed by atoms with Crippen LogP contribution in [0.1, 0.15) is 54.4 Å². The summed E-state index contributed by atoms with van der Waals surface area (Å²) in [6.45, 7) is 5.22.